The Labute approximate surface area is 154 Å². The summed E-state index contributed by atoms with van der Waals surface area (Å²) in [6.07, 6.45) is 0. The maximum atomic E-state index is 13.0. The van der Waals surface area contributed by atoms with Gasteiger partial charge >= 0.3 is 0 Å². The van der Waals surface area contributed by atoms with Crippen LogP contribution in [-0.2, 0) is 4.74 Å². The summed E-state index contributed by atoms with van der Waals surface area (Å²) >= 11 is 0. The number of aryl methyl sites for hydroxylation is 1. The number of nitrogens with one attached hydrogen (secondary N) is 1. The van der Waals surface area contributed by atoms with E-state index in [-0.39, 0.29) is 17.4 Å². The third kappa shape index (κ3) is 3.73. The number of amides is 1. The van der Waals surface area contributed by atoms with Crippen LogP contribution in [0, 0.1) is 6.92 Å². The molecule has 0 saturated carbocycles. The highest BCUT2D eigenvalue weighted by molar-refractivity contribution is 6.06. The number of pyridine rings is 1. The molecule has 0 aromatic carbocycles. The van der Waals surface area contributed by atoms with Crippen LogP contribution in [0.5, 0.6) is 0 Å². The van der Waals surface area contributed by atoms with Gasteiger partial charge in [-0.1, -0.05) is 19.0 Å². The van der Waals surface area contributed by atoms with Gasteiger partial charge in [-0.2, -0.15) is 0 Å². The first kappa shape index (κ1) is 18.8. The molecule has 0 aliphatic carbocycles. The molecule has 1 aliphatic heterocycles. The standard InChI is InChI=1S/C19H28N4O3/c1-12(2)15-10-14(16-13(3)22-26-18(16)21-15)17(24)20-11-19(4,5)23-6-8-25-9-7-23/h10,12H,6-9,11H2,1-5H3,(H,20,24). The zero-order valence-corrected chi connectivity index (χ0v) is 16.3. The van der Waals surface area contributed by atoms with E-state index >= 15 is 0 Å². The smallest absolute Gasteiger partial charge is 0.259 e. The molecule has 1 fully saturated rings. The van der Waals surface area contributed by atoms with E-state index in [9.17, 15) is 4.79 Å². The zero-order valence-electron chi connectivity index (χ0n) is 16.3. The molecule has 0 unspecified atom stereocenters. The molecule has 0 spiro atoms. The highest BCUT2D eigenvalue weighted by atomic mass is 16.5. The number of rotatable bonds is 5. The van der Waals surface area contributed by atoms with Crippen molar-refractivity contribution in [1.82, 2.24) is 20.4 Å². The Bertz CT molecular complexity index is 791. The molecule has 26 heavy (non-hydrogen) atoms. The summed E-state index contributed by atoms with van der Waals surface area (Å²) in [5.41, 5.74) is 2.36. The van der Waals surface area contributed by atoms with Gasteiger partial charge in [0, 0.05) is 30.9 Å². The molecule has 7 heteroatoms. The van der Waals surface area contributed by atoms with Crippen LogP contribution in [0.2, 0.25) is 0 Å². The minimum atomic E-state index is -0.143. The lowest BCUT2D eigenvalue weighted by Crippen LogP contribution is -2.55. The van der Waals surface area contributed by atoms with Crippen molar-refractivity contribution in [3.63, 3.8) is 0 Å². The predicted molar refractivity (Wildman–Crippen MR) is 99.4 cm³/mol. The summed E-state index contributed by atoms with van der Waals surface area (Å²) in [4.78, 5) is 19.8. The molecule has 1 aliphatic rings. The number of hydrogen-bond donors (Lipinski definition) is 1. The number of aromatic nitrogens is 2. The lowest BCUT2D eigenvalue weighted by atomic mass is 10.0. The zero-order chi connectivity index (χ0) is 18.9. The van der Waals surface area contributed by atoms with Crippen molar-refractivity contribution in [1.29, 1.82) is 0 Å². The van der Waals surface area contributed by atoms with Crippen LogP contribution >= 0.6 is 0 Å². The van der Waals surface area contributed by atoms with Gasteiger partial charge < -0.3 is 14.6 Å². The Kier molecular flexibility index (Phi) is 5.29. The Hall–Kier alpha value is -1.99. The summed E-state index contributed by atoms with van der Waals surface area (Å²) < 4.78 is 10.7. The summed E-state index contributed by atoms with van der Waals surface area (Å²) in [6.45, 7) is 14.0. The molecule has 1 N–H and O–H groups in total. The summed E-state index contributed by atoms with van der Waals surface area (Å²) in [5, 5.41) is 7.77. The van der Waals surface area contributed by atoms with Crippen LogP contribution in [0.3, 0.4) is 0 Å². The Morgan fingerprint density at radius 2 is 2.04 bits per heavy atom. The average Bonchev–Trinajstić information content (AvgIpc) is 3.01. The normalized spacial score (nSPS) is 16.4. The van der Waals surface area contributed by atoms with E-state index in [2.05, 4.69) is 34.2 Å². The van der Waals surface area contributed by atoms with Crippen molar-refractivity contribution in [3.8, 4) is 0 Å². The molecule has 2 aromatic heterocycles. The number of hydrogen-bond acceptors (Lipinski definition) is 6. The van der Waals surface area contributed by atoms with Gasteiger partial charge in [-0.25, -0.2) is 4.98 Å². The van der Waals surface area contributed by atoms with Gasteiger partial charge in [0.15, 0.2) is 0 Å². The van der Waals surface area contributed by atoms with Gasteiger partial charge in [0.1, 0.15) is 0 Å². The number of carbonyl (C=O) groups is 1. The van der Waals surface area contributed by atoms with Crippen molar-refractivity contribution < 1.29 is 14.1 Å². The highest BCUT2D eigenvalue weighted by Gasteiger charge is 2.29. The van der Waals surface area contributed by atoms with Gasteiger partial charge in [0.2, 0.25) is 0 Å². The minimum absolute atomic E-state index is 0.119. The monoisotopic (exact) mass is 360 g/mol. The van der Waals surface area contributed by atoms with Crippen LogP contribution in [0.4, 0.5) is 0 Å². The highest BCUT2D eigenvalue weighted by Crippen LogP contribution is 2.25. The quantitative estimate of drug-likeness (QED) is 0.882. The van der Waals surface area contributed by atoms with Gasteiger partial charge in [-0.15, -0.1) is 0 Å². The number of fused-ring (bicyclic) bond motifs is 1. The molecule has 2 aromatic rings. The van der Waals surface area contributed by atoms with Crippen LogP contribution in [0.15, 0.2) is 10.6 Å². The van der Waals surface area contributed by atoms with Crippen LogP contribution in [-0.4, -0.2) is 59.3 Å². The second kappa shape index (κ2) is 7.32. The fourth-order valence-electron chi connectivity index (χ4n) is 3.26. The molecule has 0 atom stereocenters. The summed E-state index contributed by atoms with van der Waals surface area (Å²) in [6, 6.07) is 1.86. The maximum Gasteiger partial charge on any atom is 0.259 e. The van der Waals surface area contributed by atoms with Crippen molar-refractivity contribution in [2.75, 3.05) is 32.8 Å². The lowest BCUT2D eigenvalue weighted by Gasteiger charge is -2.40. The minimum Gasteiger partial charge on any atom is -0.379 e. The molecular formula is C19H28N4O3. The molecule has 3 heterocycles. The average molecular weight is 360 g/mol. The second-order valence-corrected chi connectivity index (χ2v) is 7.79. The fourth-order valence-corrected chi connectivity index (χ4v) is 3.26. The maximum absolute atomic E-state index is 13.0. The SMILES string of the molecule is Cc1noc2nc(C(C)C)cc(C(=O)NCC(C)(C)N3CCOCC3)c12. The Morgan fingerprint density at radius 3 is 2.69 bits per heavy atom. The van der Waals surface area contributed by atoms with E-state index in [0.29, 0.717) is 28.9 Å². The van der Waals surface area contributed by atoms with E-state index in [0.717, 1.165) is 32.0 Å². The van der Waals surface area contributed by atoms with Crippen molar-refractivity contribution >= 4 is 17.0 Å². The van der Waals surface area contributed by atoms with E-state index in [1.165, 1.54) is 0 Å². The summed E-state index contributed by atoms with van der Waals surface area (Å²) in [7, 11) is 0. The third-order valence-corrected chi connectivity index (χ3v) is 5.02. The van der Waals surface area contributed by atoms with Crippen LogP contribution in [0.25, 0.3) is 11.1 Å². The molecule has 1 saturated heterocycles. The predicted octanol–water partition coefficient (Wildman–Crippen LogP) is 2.50. The molecule has 7 nitrogen and oxygen atoms in total. The van der Waals surface area contributed by atoms with Crippen LogP contribution < -0.4 is 5.32 Å². The van der Waals surface area contributed by atoms with Gasteiger partial charge in [-0.05, 0) is 32.8 Å². The second-order valence-electron chi connectivity index (χ2n) is 7.79. The van der Waals surface area contributed by atoms with Gasteiger partial charge in [0.25, 0.3) is 11.6 Å². The van der Waals surface area contributed by atoms with E-state index in [1.54, 1.807) is 0 Å². The molecular weight excluding hydrogens is 332 g/mol. The summed E-state index contributed by atoms with van der Waals surface area (Å²) in [5.74, 6) is 0.0769. The first-order chi connectivity index (χ1) is 12.3. The van der Waals surface area contributed by atoms with Gasteiger partial charge in [0.05, 0.1) is 29.9 Å². The van der Waals surface area contributed by atoms with E-state index in [1.807, 2.05) is 26.8 Å². The molecule has 0 bridgehead atoms. The van der Waals surface area contributed by atoms with Gasteiger partial charge in [-0.3, -0.25) is 9.69 Å². The topological polar surface area (TPSA) is 80.5 Å². The van der Waals surface area contributed by atoms with Crippen LogP contribution in [0.1, 0.15) is 55.4 Å². The number of carbonyl (C=O) groups excluding carboxylic acids is 1. The largest absolute Gasteiger partial charge is 0.379 e. The lowest BCUT2D eigenvalue weighted by molar-refractivity contribution is -0.00922. The molecule has 0 radical (unpaired) electrons. The first-order valence-corrected chi connectivity index (χ1v) is 9.17. The Balaban J connectivity index is 1.82. The molecule has 1 amide bonds. The molecule has 142 valence electrons. The number of morpholine rings is 1. The van der Waals surface area contributed by atoms with E-state index < -0.39 is 0 Å². The number of ether oxygens (including phenoxy) is 1. The van der Waals surface area contributed by atoms with Crippen molar-refractivity contribution in [2.24, 2.45) is 0 Å². The fraction of sp³-hybridized carbons (Fsp3) is 0.632. The van der Waals surface area contributed by atoms with Crippen molar-refractivity contribution in [3.05, 3.63) is 23.0 Å². The van der Waals surface area contributed by atoms with E-state index in [4.69, 9.17) is 9.26 Å². The third-order valence-electron chi connectivity index (χ3n) is 5.02. The first-order valence-electron chi connectivity index (χ1n) is 9.17. The van der Waals surface area contributed by atoms with Crippen molar-refractivity contribution in [2.45, 2.75) is 46.1 Å². The number of nitrogens with zero attached hydrogens (tertiary/aromatic N) is 3. The molecule has 3 rings (SSSR count). The Morgan fingerprint density at radius 1 is 1.35 bits per heavy atom.